The Morgan fingerprint density at radius 1 is 1.30 bits per heavy atom. The van der Waals surface area contributed by atoms with Crippen molar-refractivity contribution < 1.29 is 0 Å². The number of piperidine rings is 1. The summed E-state index contributed by atoms with van der Waals surface area (Å²) in [5, 5.41) is 3.79. The molecule has 1 N–H and O–H groups in total. The maximum absolute atomic E-state index is 3.79. The Hall–Kier alpha value is -0.860. The van der Waals surface area contributed by atoms with Crippen LogP contribution in [-0.2, 0) is 6.42 Å². The van der Waals surface area contributed by atoms with Crippen LogP contribution in [0.3, 0.4) is 0 Å². The first-order chi connectivity index (χ1) is 9.69. The van der Waals surface area contributed by atoms with Gasteiger partial charge < -0.3 is 10.2 Å². The third-order valence-corrected chi connectivity index (χ3v) is 4.41. The fourth-order valence-electron chi connectivity index (χ4n) is 3.11. The van der Waals surface area contributed by atoms with Crippen LogP contribution in [0.2, 0.25) is 0 Å². The number of benzene rings is 1. The van der Waals surface area contributed by atoms with Crippen LogP contribution in [0.4, 0.5) is 0 Å². The number of hydrogen-bond donors (Lipinski definition) is 1. The highest BCUT2D eigenvalue weighted by molar-refractivity contribution is 5.25. The number of rotatable bonds is 6. The lowest BCUT2D eigenvalue weighted by Crippen LogP contribution is -2.44. The molecule has 2 atom stereocenters. The fourth-order valence-corrected chi connectivity index (χ4v) is 3.11. The first-order valence-electron chi connectivity index (χ1n) is 8.22. The van der Waals surface area contributed by atoms with Crippen LogP contribution in [0.5, 0.6) is 0 Å². The van der Waals surface area contributed by atoms with E-state index in [9.17, 15) is 0 Å². The highest BCUT2D eigenvalue weighted by Crippen LogP contribution is 2.18. The van der Waals surface area contributed by atoms with Crippen molar-refractivity contribution in [3.63, 3.8) is 0 Å². The molecule has 1 aromatic carbocycles. The van der Waals surface area contributed by atoms with Crippen LogP contribution in [0, 0.1) is 0 Å². The third-order valence-electron chi connectivity index (χ3n) is 4.41. The lowest BCUT2D eigenvalue weighted by Gasteiger charge is -2.32. The summed E-state index contributed by atoms with van der Waals surface area (Å²) in [5.41, 5.74) is 2.89. The van der Waals surface area contributed by atoms with E-state index in [0.717, 1.165) is 0 Å². The number of nitrogens with zero attached hydrogens (tertiary/aromatic N) is 1. The molecule has 1 aliphatic rings. The van der Waals surface area contributed by atoms with Crippen LogP contribution in [-0.4, -0.2) is 31.1 Å². The van der Waals surface area contributed by atoms with Crippen molar-refractivity contribution in [3.05, 3.63) is 35.4 Å². The van der Waals surface area contributed by atoms with Gasteiger partial charge in [-0.2, -0.15) is 0 Å². The summed E-state index contributed by atoms with van der Waals surface area (Å²) in [6.07, 6.45) is 6.41. The highest BCUT2D eigenvalue weighted by atomic mass is 15.1. The minimum absolute atomic E-state index is 0.451. The van der Waals surface area contributed by atoms with Gasteiger partial charge in [-0.25, -0.2) is 0 Å². The summed E-state index contributed by atoms with van der Waals surface area (Å²) in [5.74, 6) is 0. The summed E-state index contributed by atoms with van der Waals surface area (Å²) < 4.78 is 0. The number of hydrogen-bond acceptors (Lipinski definition) is 2. The van der Waals surface area contributed by atoms with Crippen molar-refractivity contribution in [2.24, 2.45) is 0 Å². The zero-order valence-corrected chi connectivity index (χ0v) is 13.4. The molecular weight excluding hydrogens is 244 g/mol. The first kappa shape index (κ1) is 15.5. The number of aryl methyl sites for hydroxylation is 1. The van der Waals surface area contributed by atoms with E-state index in [1.54, 1.807) is 0 Å². The minimum Gasteiger partial charge on any atom is -0.306 e. The Bertz CT molecular complexity index is 385. The lowest BCUT2D eigenvalue weighted by molar-refractivity contribution is 0.218. The topological polar surface area (TPSA) is 15.3 Å². The summed E-state index contributed by atoms with van der Waals surface area (Å²) in [6, 6.07) is 10.3. The molecule has 1 heterocycles. The van der Waals surface area contributed by atoms with Crippen molar-refractivity contribution in [2.45, 2.75) is 58.0 Å². The second-order valence-electron chi connectivity index (χ2n) is 6.33. The lowest BCUT2D eigenvalue weighted by atomic mass is 10.0. The number of nitrogens with one attached hydrogen (secondary N) is 1. The zero-order chi connectivity index (χ0) is 14.4. The van der Waals surface area contributed by atoms with Gasteiger partial charge in [0.1, 0.15) is 0 Å². The summed E-state index contributed by atoms with van der Waals surface area (Å²) >= 11 is 0. The molecule has 1 fully saturated rings. The molecule has 0 aliphatic carbocycles. The van der Waals surface area contributed by atoms with E-state index in [-0.39, 0.29) is 0 Å². The van der Waals surface area contributed by atoms with Gasteiger partial charge in [-0.3, -0.25) is 0 Å². The van der Waals surface area contributed by atoms with E-state index in [1.165, 1.54) is 56.3 Å². The standard InChI is InChI=1S/C18H30N2/c1-4-5-7-16-9-11-17(12-10-16)15(2)19-18-8-6-13-20(3)14-18/h9-12,15,18-19H,4-8,13-14H2,1-3H3. The number of unbranched alkanes of at least 4 members (excludes halogenated alkanes) is 1. The van der Waals surface area contributed by atoms with Crippen molar-refractivity contribution >= 4 is 0 Å². The first-order valence-corrected chi connectivity index (χ1v) is 8.22. The van der Waals surface area contributed by atoms with Crippen molar-refractivity contribution in [1.29, 1.82) is 0 Å². The van der Waals surface area contributed by atoms with Gasteiger partial charge in [0.2, 0.25) is 0 Å². The summed E-state index contributed by atoms with van der Waals surface area (Å²) in [6.45, 7) is 6.97. The molecule has 20 heavy (non-hydrogen) atoms. The fraction of sp³-hybridized carbons (Fsp3) is 0.667. The number of likely N-dealkylation sites (N-methyl/N-ethyl adjacent to an activating group) is 1. The van der Waals surface area contributed by atoms with Gasteiger partial charge in [0.15, 0.2) is 0 Å². The minimum atomic E-state index is 0.451. The van der Waals surface area contributed by atoms with E-state index in [1.807, 2.05) is 0 Å². The van der Waals surface area contributed by atoms with Crippen LogP contribution in [0.25, 0.3) is 0 Å². The normalized spacial score (nSPS) is 21.9. The average Bonchev–Trinajstić information content (AvgIpc) is 2.45. The molecule has 2 unspecified atom stereocenters. The molecule has 1 saturated heterocycles. The maximum atomic E-state index is 3.79. The molecular formula is C18H30N2. The summed E-state index contributed by atoms with van der Waals surface area (Å²) in [7, 11) is 2.22. The predicted molar refractivity (Wildman–Crippen MR) is 87.1 cm³/mol. The molecule has 0 saturated carbocycles. The molecule has 112 valence electrons. The van der Waals surface area contributed by atoms with Gasteiger partial charge in [-0.1, -0.05) is 37.6 Å². The zero-order valence-electron chi connectivity index (χ0n) is 13.4. The van der Waals surface area contributed by atoms with Gasteiger partial charge in [0.25, 0.3) is 0 Å². The van der Waals surface area contributed by atoms with Gasteiger partial charge in [-0.05, 0) is 57.3 Å². The Kier molecular flexibility index (Phi) is 6.06. The molecule has 2 nitrogen and oxygen atoms in total. The third kappa shape index (κ3) is 4.60. The molecule has 0 radical (unpaired) electrons. The largest absolute Gasteiger partial charge is 0.306 e. The molecule has 2 heteroatoms. The van der Waals surface area contributed by atoms with Crippen LogP contribution >= 0.6 is 0 Å². The quantitative estimate of drug-likeness (QED) is 0.849. The molecule has 0 aromatic heterocycles. The molecule has 2 rings (SSSR count). The van der Waals surface area contributed by atoms with Gasteiger partial charge in [-0.15, -0.1) is 0 Å². The molecule has 0 bridgehead atoms. The van der Waals surface area contributed by atoms with Crippen LogP contribution < -0.4 is 5.32 Å². The van der Waals surface area contributed by atoms with Crippen LogP contribution in [0.15, 0.2) is 24.3 Å². The van der Waals surface area contributed by atoms with E-state index in [0.29, 0.717) is 12.1 Å². The van der Waals surface area contributed by atoms with E-state index in [4.69, 9.17) is 0 Å². The monoisotopic (exact) mass is 274 g/mol. The Morgan fingerprint density at radius 3 is 2.70 bits per heavy atom. The predicted octanol–water partition coefficient (Wildman–Crippen LogP) is 3.77. The molecule has 1 aromatic rings. The Balaban J connectivity index is 1.86. The maximum Gasteiger partial charge on any atom is 0.0294 e. The van der Waals surface area contributed by atoms with E-state index >= 15 is 0 Å². The van der Waals surface area contributed by atoms with Crippen molar-refractivity contribution in [2.75, 3.05) is 20.1 Å². The second kappa shape index (κ2) is 7.80. The molecule has 1 aliphatic heterocycles. The second-order valence-corrected chi connectivity index (χ2v) is 6.33. The molecule has 0 spiro atoms. The van der Waals surface area contributed by atoms with E-state index in [2.05, 4.69) is 55.4 Å². The van der Waals surface area contributed by atoms with Gasteiger partial charge in [0, 0.05) is 18.6 Å². The van der Waals surface area contributed by atoms with Gasteiger partial charge >= 0.3 is 0 Å². The molecule has 0 amide bonds. The van der Waals surface area contributed by atoms with Gasteiger partial charge in [0.05, 0.1) is 0 Å². The average molecular weight is 274 g/mol. The Labute approximate surface area is 124 Å². The highest BCUT2D eigenvalue weighted by Gasteiger charge is 2.19. The van der Waals surface area contributed by atoms with E-state index < -0.39 is 0 Å². The van der Waals surface area contributed by atoms with Crippen molar-refractivity contribution in [3.8, 4) is 0 Å². The van der Waals surface area contributed by atoms with Crippen molar-refractivity contribution in [1.82, 2.24) is 10.2 Å². The summed E-state index contributed by atoms with van der Waals surface area (Å²) in [4.78, 5) is 2.43. The number of likely N-dealkylation sites (tertiary alicyclic amines) is 1. The smallest absolute Gasteiger partial charge is 0.0294 e. The van der Waals surface area contributed by atoms with Crippen LogP contribution in [0.1, 0.15) is 56.7 Å². The Morgan fingerprint density at radius 2 is 2.05 bits per heavy atom. The SMILES string of the molecule is CCCCc1ccc(C(C)NC2CCCN(C)C2)cc1.